The van der Waals surface area contributed by atoms with Crippen molar-refractivity contribution in [3.05, 3.63) is 94.5 Å². The predicted octanol–water partition coefficient (Wildman–Crippen LogP) is 6.84. The van der Waals surface area contributed by atoms with Crippen LogP contribution in [0.5, 0.6) is 0 Å². The first-order valence-electron chi connectivity index (χ1n) is 8.19. The maximum absolute atomic E-state index is 3.58. The van der Waals surface area contributed by atoms with E-state index in [9.17, 15) is 0 Å². The average molecular weight is 371 g/mol. The van der Waals surface area contributed by atoms with Gasteiger partial charge in [-0.05, 0) is 68.8 Å². The Hall–Kier alpha value is -2.38. The molecule has 114 valence electrons. The highest BCUT2D eigenvalue weighted by molar-refractivity contribution is 9.10. The van der Waals surface area contributed by atoms with Gasteiger partial charge >= 0.3 is 0 Å². The lowest BCUT2D eigenvalue weighted by atomic mass is 9.97. The maximum Gasteiger partial charge on any atom is 0.0178 e. The normalized spacial score (nSPS) is 12.2. The van der Waals surface area contributed by atoms with Crippen LogP contribution in [0, 0.1) is 0 Å². The molecule has 4 aromatic rings. The van der Waals surface area contributed by atoms with Crippen LogP contribution in [0.2, 0.25) is 0 Å². The highest BCUT2D eigenvalue weighted by atomic mass is 79.9. The van der Waals surface area contributed by atoms with Gasteiger partial charge in [0.05, 0.1) is 0 Å². The Labute approximate surface area is 149 Å². The first-order valence-corrected chi connectivity index (χ1v) is 8.98. The molecule has 0 radical (unpaired) electrons. The molecule has 0 aromatic heterocycles. The van der Waals surface area contributed by atoms with E-state index in [0.29, 0.717) is 0 Å². The molecule has 0 saturated carbocycles. The molecule has 0 N–H and O–H groups in total. The van der Waals surface area contributed by atoms with Crippen LogP contribution in [0.25, 0.3) is 33.0 Å². The largest absolute Gasteiger partial charge is 0.0616 e. The van der Waals surface area contributed by atoms with Crippen molar-refractivity contribution in [3.63, 3.8) is 0 Å². The van der Waals surface area contributed by atoms with E-state index in [1.165, 1.54) is 44.2 Å². The Bertz CT molecular complexity index is 1090. The van der Waals surface area contributed by atoms with Crippen LogP contribution >= 0.6 is 15.9 Å². The number of halogens is 1. The third-order valence-corrected chi connectivity index (χ3v) is 5.42. The van der Waals surface area contributed by atoms with Crippen molar-refractivity contribution in [2.45, 2.75) is 6.42 Å². The summed E-state index contributed by atoms with van der Waals surface area (Å²) in [6, 6.07) is 28.7. The van der Waals surface area contributed by atoms with Crippen molar-refractivity contribution in [1.29, 1.82) is 0 Å². The zero-order valence-electron chi connectivity index (χ0n) is 13.1. The minimum absolute atomic E-state index is 1.02. The van der Waals surface area contributed by atoms with E-state index < -0.39 is 0 Å². The monoisotopic (exact) mass is 370 g/mol. The van der Waals surface area contributed by atoms with E-state index >= 15 is 0 Å². The molecule has 0 spiro atoms. The summed E-state index contributed by atoms with van der Waals surface area (Å²) in [5.74, 6) is 0. The zero-order chi connectivity index (χ0) is 16.1. The molecule has 0 heterocycles. The van der Waals surface area contributed by atoms with Gasteiger partial charge in [0.25, 0.3) is 0 Å². The summed E-state index contributed by atoms with van der Waals surface area (Å²) in [5.41, 5.74) is 8.17. The van der Waals surface area contributed by atoms with Crippen molar-refractivity contribution in [3.8, 4) is 22.3 Å². The van der Waals surface area contributed by atoms with E-state index in [1.807, 2.05) is 0 Å². The molecular weight excluding hydrogens is 356 g/mol. The molecule has 0 aliphatic heterocycles. The molecule has 24 heavy (non-hydrogen) atoms. The zero-order valence-corrected chi connectivity index (χ0v) is 14.7. The van der Waals surface area contributed by atoms with Gasteiger partial charge in [-0.2, -0.15) is 0 Å². The summed E-state index contributed by atoms with van der Waals surface area (Å²) in [5, 5.41) is 2.59. The van der Waals surface area contributed by atoms with Crippen LogP contribution in [0.1, 0.15) is 11.1 Å². The number of fused-ring (bicyclic) bond motifs is 4. The molecule has 0 amide bonds. The topological polar surface area (TPSA) is 0 Å². The summed E-state index contributed by atoms with van der Waals surface area (Å²) in [7, 11) is 0. The van der Waals surface area contributed by atoms with Gasteiger partial charge in [0.2, 0.25) is 0 Å². The highest BCUT2D eigenvalue weighted by Crippen LogP contribution is 2.39. The van der Waals surface area contributed by atoms with E-state index in [2.05, 4.69) is 94.8 Å². The molecule has 0 bridgehead atoms. The van der Waals surface area contributed by atoms with Gasteiger partial charge in [-0.3, -0.25) is 0 Å². The Morgan fingerprint density at radius 3 is 2.12 bits per heavy atom. The molecule has 0 unspecified atom stereocenters. The molecular formula is C23H15Br. The summed E-state index contributed by atoms with van der Waals surface area (Å²) in [6.45, 7) is 0. The van der Waals surface area contributed by atoms with Gasteiger partial charge in [-0.15, -0.1) is 0 Å². The molecule has 1 aliphatic carbocycles. The van der Waals surface area contributed by atoms with Gasteiger partial charge in [-0.1, -0.05) is 76.6 Å². The van der Waals surface area contributed by atoms with E-state index in [1.54, 1.807) is 0 Å². The minimum atomic E-state index is 1.02. The second-order valence-electron chi connectivity index (χ2n) is 6.41. The molecule has 5 rings (SSSR count). The van der Waals surface area contributed by atoms with Crippen molar-refractivity contribution in [1.82, 2.24) is 0 Å². The molecule has 0 saturated heterocycles. The second-order valence-corrected chi connectivity index (χ2v) is 7.33. The van der Waals surface area contributed by atoms with Crippen molar-refractivity contribution in [2.24, 2.45) is 0 Å². The Kier molecular flexibility index (Phi) is 3.11. The second kappa shape index (κ2) is 5.32. The van der Waals surface area contributed by atoms with Gasteiger partial charge in [0.1, 0.15) is 0 Å². The number of benzene rings is 4. The van der Waals surface area contributed by atoms with Crippen LogP contribution < -0.4 is 0 Å². The molecule has 1 aliphatic rings. The third-order valence-electron chi connectivity index (χ3n) is 4.93. The standard InChI is InChI=1S/C23H15Br/c24-21-8-10-23-20(14-21)13-19-12-18(7-9-22(19)23)17-6-5-15-3-1-2-4-16(15)11-17/h1-12,14H,13H2. The van der Waals surface area contributed by atoms with Crippen molar-refractivity contribution < 1.29 is 0 Å². The molecule has 4 aromatic carbocycles. The van der Waals surface area contributed by atoms with Crippen LogP contribution in [0.15, 0.2) is 83.3 Å². The fourth-order valence-electron chi connectivity index (χ4n) is 3.73. The molecule has 1 heteroatoms. The quantitative estimate of drug-likeness (QED) is 0.303. The lowest BCUT2D eigenvalue weighted by Gasteiger charge is -2.07. The van der Waals surface area contributed by atoms with Crippen LogP contribution in [-0.2, 0) is 6.42 Å². The summed E-state index contributed by atoms with van der Waals surface area (Å²) in [4.78, 5) is 0. The fraction of sp³-hybridized carbons (Fsp3) is 0.0435. The first-order chi connectivity index (χ1) is 11.8. The molecule has 0 nitrogen and oxygen atoms in total. The minimum Gasteiger partial charge on any atom is -0.0616 e. The average Bonchev–Trinajstić information content (AvgIpc) is 2.97. The van der Waals surface area contributed by atoms with Crippen molar-refractivity contribution >= 4 is 26.7 Å². The van der Waals surface area contributed by atoms with Crippen molar-refractivity contribution in [2.75, 3.05) is 0 Å². The Morgan fingerprint density at radius 2 is 1.25 bits per heavy atom. The number of rotatable bonds is 1. The van der Waals surface area contributed by atoms with Gasteiger partial charge in [-0.25, -0.2) is 0 Å². The Morgan fingerprint density at radius 1 is 0.583 bits per heavy atom. The van der Waals surface area contributed by atoms with E-state index in [4.69, 9.17) is 0 Å². The van der Waals surface area contributed by atoms with Gasteiger partial charge in [0.15, 0.2) is 0 Å². The van der Waals surface area contributed by atoms with Crippen LogP contribution in [0.4, 0.5) is 0 Å². The lowest BCUT2D eigenvalue weighted by molar-refractivity contribution is 1.26. The van der Waals surface area contributed by atoms with E-state index in [-0.39, 0.29) is 0 Å². The summed E-state index contributed by atoms with van der Waals surface area (Å²) >= 11 is 3.58. The third kappa shape index (κ3) is 2.20. The Balaban J connectivity index is 1.61. The van der Waals surface area contributed by atoms with Crippen LogP contribution in [-0.4, -0.2) is 0 Å². The van der Waals surface area contributed by atoms with Crippen LogP contribution in [0.3, 0.4) is 0 Å². The summed E-state index contributed by atoms with van der Waals surface area (Å²) in [6.07, 6.45) is 1.02. The summed E-state index contributed by atoms with van der Waals surface area (Å²) < 4.78 is 1.16. The molecule has 0 atom stereocenters. The highest BCUT2D eigenvalue weighted by Gasteiger charge is 2.18. The number of hydrogen-bond donors (Lipinski definition) is 0. The predicted molar refractivity (Wildman–Crippen MR) is 105 cm³/mol. The fourth-order valence-corrected chi connectivity index (χ4v) is 4.14. The maximum atomic E-state index is 3.58. The van der Waals surface area contributed by atoms with E-state index in [0.717, 1.165) is 10.9 Å². The number of hydrogen-bond acceptors (Lipinski definition) is 0. The lowest BCUT2D eigenvalue weighted by Crippen LogP contribution is -1.84. The van der Waals surface area contributed by atoms with Gasteiger partial charge in [0, 0.05) is 4.47 Å². The van der Waals surface area contributed by atoms with Gasteiger partial charge < -0.3 is 0 Å². The molecule has 0 fully saturated rings. The smallest absolute Gasteiger partial charge is 0.0178 e. The first kappa shape index (κ1) is 14.0. The SMILES string of the molecule is Brc1ccc2c(c1)Cc1cc(-c3ccc4ccccc4c3)ccc1-2.